The summed E-state index contributed by atoms with van der Waals surface area (Å²) in [6, 6.07) is 5.86. The van der Waals surface area contributed by atoms with Crippen molar-refractivity contribution < 1.29 is 14.1 Å². The lowest BCUT2D eigenvalue weighted by Gasteiger charge is -2.10. The number of fused-ring (bicyclic) bond motifs is 1. The molecule has 25 heavy (non-hydrogen) atoms. The van der Waals surface area contributed by atoms with E-state index in [-0.39, 0.29) is 24.8 Å². The van der Waals surface area contributed by atoms with Gasteiger partial charge in [0.25, 0.3) is 5.91 Å². The number of aryl methyl sites for hydroxylation is 3. The largest absolute Gasteiger partial charge is 0.350 e. The fourth-order valence-electron chi connectivity index (χ4n) is 3.11. The standard InChI is InChI=1S/C19H23N3O3/c1-12-7-8-15(13(2)11-12)21-17(23)9-10-20-19(24)18-14-5-3-4-6-16(14)22-25-18/h7-8,11H,3-6,9-10H2,1-2H3,(H,20,24)(H,21,23). The van der Waals surface area contributed by atoms with Crippen LogP contribution < -0.4 is 10.6 Å². The molecule has 0 saturated heterocycles. The third-order valence-corrected chi connectivity index (χ3v) is 4.46. The van der Waals surface area contributed by atoms with E-state index in [2.05, 4.69) is 15.8 Å². The molecule has 1 aliphatic rings. The lowest BCUT2D eigenvalue weighted by molar-refractivity contribution is -0.116. The molecular weight excluding hydrogens is 318 g/mol. The molecule has 0 radical (unpaired) electrons. The minimum atomic E-state index is -0.296. The first-order valence-electron chi connectivity index (χ1n) is 8.67. The van der Waals surface area contributed by atoms with Gasteiger partial charge in [0.05, 0.1) is 5.69 Å². The van der Waals surface area contributed by atoms with Gasteiger partial charge < -0.3 is 15.2 Å². The summed E-state index contributed by atoms with van der Waals surface area (Å²) in [7, 11) is 0. The normalized spacial score (nSPS) is 13.2. The van der Waals surface area contributed by atoms with Crippen molar-refractivity contribution in [2.75, 3.05) is 11.9 Å². The van der Waals surface area contributed by atoms with E-state index < -0.39 is 0 Å². The van der Waals surface area contributed by atoms with E-state index in [1.54, 1.807) is 0 Å². The third-order valence-electron chi connectivity index (χ3n) is 4.46. The van der Waals surface area contributed by atoms with E-state index >= 15 is 0 Å². The SMILES string of the molecule is Cc1ccc(NC(=O)CCNC(=O)c2onc3c2CCCC3)c(C)c1. The van der Waals surface area contributed by atoms with Crippen molar-refractivity contribution in [2.24, 2.45) is 0 Å². The fraction of sp³-hybridized carbons (Fsp3) is 0.421. The van der Waals surface area contributed by atoms with E-state index in [0.717, 1.165) is 53.8 Å². The van der Waals surface area contributed by atoms with Crippen LogP contribution in [0.1, 0.15) is 52.2 Å². The molecule has 0 atom stereocenters. The zero-order chi connectivity index (χ0) is 17.8. The van der Waals surface area contributed by atoms with Crippen LogP contribution in [0.25, 0.3) is 0 Å². The number of anilines is 1. The number of benzene rings is 1. The van der Waals surface area contributed by atoms with Crippen molar-refractivity contribution in [1.82, 2.24) is 10.5 Å². The molecule has 0 aliphatic heterocycles. The van der Waals surface area contributed by atoms with Gasteiger partial charge in [-0.2, -0.15) is 0 Å². The number of hydrogen-bond donors (Lipinski definition) is 2. The summed E-state index contributed by atoms with van der Waals surface area (Å²) in [5, 5.41) is 9.59. The van der Waals surface area contributed by atoms with Gasteiger partial charge in [-0.3, -0.25) is 9.59 Å². The van der Waals surface area contributed by atoms with Crippen molar-refractivity contribution in [2.45, 2.75) is 46.0 Å². The zero-order valence-electron chi connectivity index (χ0n) is 14.6. The van der Waals surface area contributed by atoms with Gasteiger partial charge in [0.2, 0.25) is 11.7 Å². The summed E-state index contributed by atoms with van der Waals surface area (Å²) < 4.78 is 5.20. The second kappa shape index (κ2) is 7.51. The molecule has 2 amide bonds. The molecule has 0 unspecified atom stereocenters. The molecule has 1 aliphatic carbocycles. The number of nitrogens with one attached hydrogen (secondary N) is 2. The first kappa shape index (κ1) is 17.2. The quantitative estimate of drug-likeness (QED) is 0.876. The van der Waals surface area contributed by atoms with E-state index in [1.807, 2.05) is 32.0 Å². The van der Waals surface area contributed by atoms with Crippen molar-refractivity contribution in [3.63, 3.8) is 0 Å². The number of hydrogen-bond acceptors (Lipinski definition) is 4. The molecule has 6 nitrogen and oxygen atoms in total. The molecule has 1 aromatic heterocycles. The molecule has 2 aromatic rings. The molecule has 0 bridgehead atoms. The highest BCUT2D eigenvalue weighted by atomic mass is 16.5. The van der Waals surface area contributed by atoms with Crippen molar-refractivity contribution in [1.29, 1.82) is 0 Å². The molecule has 0 spiro atoms. The molecule has 132 valence electrons. The topological polar surface area (TPSA) is 84.2 Å². The Morgan fingerprint density at radius 3 is 2.80 bits per heavy atom. The van der Waals surface area contributed by atoms with Crippen LogP contribution >= 0.6 is 0 Å². The Kier molecular flexibility index (Phi) is 5.16. The number of aromatic nitrogens is 1. The minimum Gasteiger partial charge on any atom is -0.350 e. The maximum absolute atomic E-state index is 12.2. The first-order valence-corrected chi connectivity index (χ1v) is 8.67. The van der Waals surface area contributed by atoms with E-state index in [9.17, 15) is 9.59 Å². The van der Waals surface area contributed by atoms with Gasteiger partial charge in [-0.15, -0.1) is 0 Å². The average Bonchev–Trinajstić information content (AvgIpc) is 3.01. The van der Waals surface area contributed by atoms with Crippen molar-refractivity contribution in [3.05, 3.63) is 46.3 Å². The maximum Gasteiger partial charge on any atom is 0.290 e. The third kappa shape index (κ3) is 4.07. The Morgan fingerprint density at radius 1 is 1.20 bits per heavy atom. The van der Waals surface area contributed by atoms with Crippen LogP contribution in [0.2, 0.25) is 0 Å². The van der Waals surface area contributed by atoms with E-state index in [1.165, 1.54) is 0 Å². The molecule has 0 fully saturated rings. The average molecular weight is 341 g/mol. The predicted molar refractivity (Wildman–Crippen MR) is 94.6 cm³/mol. The Labute approximate surface area is 147 Å². The summed E-state index contributed by atoms with van der Waals surface area (Å²) in [6.45, 7) is 4.22. The first-order chi connectivity index (χ1) is 12.0. The highest BCUT2D eigenvalue weighted by molar-refractivity contribution is 5.94. The van der Waals surface area contributed by atoms with Gasteiger partial charge in [0.15, 0.2) is 0 Å². The van der Waals surface area contributed by atoms with Crippen molar-refractivity contribution >= 4 is 17.5 Å². The van der Waals surface area contributed by atoms with Gasteiger partial charge in [-0.05, 0) is 51.2 Å². The lowest BCUT2D eigenvalue weighted by Crippen LogP contribution is -2.28. The molecular formula is C19H23N3O3. The van der Waals surface area contributed by atoms with Crippen LogP contribution in [-0.2, 0) is 17.6 Å². The van der Waals surface area contributed by atoms with E-state index in [4.69, 9.17) is 4.52 Å². The lowest BCUT2D eigenvalue weighted by atomic mass is 9.96. The Morgan fingerprint density at radius 2 is 2.00 bits per heavy atom. The van der Waals surface area contributed by atoms with Crippen LogP contribution in [0.4, 0.5) is 5.69 Å². The summed E-state index contributed by atoms with van der Waals surface area (Å²) in [6.07, 6.45) is 4.03. The molecule has 6 heteroatoms. The smallest absolute Gasteiger partial charge is 0.290 e. The molecule has 0 saturated carbocycles. The summed E-state index contributed by atoms with van der Waals surface area (Å²) in [5.41, 5.74) is 4.78. The van der Waals surface area contributed by atoms with Gasteiger partial charge in [-0.1, -0.05) is 22.9 Å². The summed E-state index contributed by atoms with van der Waals surface area (Å²) >= 11 is 0. The summed E-state index contributed by atoms with van der Waals surface area (Å²) in [5.74, 6) is -0.133. The van der Waals surface area contributed by atoms with Crippen LogP contribution in [-0.4, -0.2) is 23.5 Å². The van der Waals surface area contributed by atoms with Gasteiger partial charge >= 0.3 is 0 Å². The number of carbonyl (C=O) groups is 2. The Balaban J connectivity index is 1.50. The predicted octanol–water partition coefficient (Wildman–Crippen LogP) is 2.93. The monoisotopic (exact) mass is 341 g/mol. The van der Waals surface area contributed by atoms with Gasteiger partial charge in [0.1, 0.15) is 0 Å². The second-order valence-electron chi connectivity index (χ2n) is 6.52. The zero-order valence-corrected chi connectivity index (χ0v) is 14.6. The number of nitrogens with zero attached hydrogens (tertiary/aromatic N) is 1. The second-order valence-corrected chi connectivity index (χ2v) is 6.52. The minimum absolute atomic E-state index is 0.133. The van der Waals surface area contributed by atoms with Crippen LogP contribution in [0.3, 0.4) is 0 Å². The van der Waals surface area contributed by atoms with Gasteiger partial charge in [0, 0.05) is 24.2 Å². The van der Waals surface area contributed by atoms with Crippen LogP contribution in [0.15, 0.2) is 22.7 Å². The molecule has 3 rings (SSSR count). The Hall–Kier alpha value is -2.63. The number of amides is 2. The summed E-state index contributed by atoms with van der Waals surface area (Å²) in [4.78, 5) is 24.3. The fourth-order valence-corrected chi connectivity index (χ4v) is 3.11. The van der Waals surface area contributed by atoms with Crippen LogP contribution in [0, 0.1) is 13.8 Å². The highest BCUT2D eigenvalue weighted by Crippen LogP contribution is 2.23. The number of rotatable bonds is 5. The molecule has 1 aromatic carbocycles. The van der Waals surface area contributed by atoms with Crippen molar-refractivity contribution in [3.8, 4) is 0 Å². The molecule has 2 N–H and O–H groups in total. The maximum atomic E-state index is 12.2. The Bertz CT molecular complexity index is 795. The number of carbonyl (C=O) groups excluding carboxylic acids is 2. The molecule has 1 heterocycles. The van der Waals surface area contributed by atoms with Crippen LogP contribution in [0.5, 0.6) is 0 Å². The highest BCUT2D eigenvalue weighted by Gasteiger charge is 2.23. The van der Waals surface area contributed by atoms with E-state index in [0.29, 0.717) is 5.76 Å². The van der Waals surface area contributed by atoms with Gasteiger partial charge in [-0.25, -0.2) is 0 Å².